The van der Waals surface area contributed by atoms with Crippen LogP contribution in [0.1, 0.15) is 17.5 Å². The number of amides is 1. The van der Waals surface area contributed by atoms with Crippen molar-refractivity contribution in [1.82, 2.24) is 10.2 Å². The van der Waals surface area contributed by atoms with Gasteiger partial charge >= 0.3 is 0 Å². The Labute approximate surface area is 126 Å². The molecule has 116 valence electrons. The number of rotatable bonds is 6. The molecule has 0 spiro atoms. The van der Waals surface area contributed by atoms with Crippen molar-refractivity contribution in [3.8, 4) is 0 Å². The van der Waals surface area contributed by atoms with Gasteiger partial charge in [0, 0.05) is 38.3 Å². The second-order valence-corrected chi connectivity index (χ2v) is 5.49. The predicted molar refractivity (Wildman–Crippen MR) is 84.2 cm³/mol. The minimum Gasteiger partial charge on any atom is -0.399 e. The molecule has 0 unspecified atom stereocenters. The van der Waals surface area contributed by atoms with E-state index in [1.165, 1.54) is 0 Å². The normalized spacial score (nSPS) is 15.9. The maximum atomic E-state index is 11.8. The Balaban J connectivity index is 1.63. The molecule has 5 heteroatoms. The minimum atomic E-state index is 0.0994. The lowest BCUT2D eigenvalue weighted by atomic mass is 10.1. The molecule has 0 aromatic heterocycles. The van der Waals surface area contributed by atoms with Gasteiger partial charge in [-0.05, 0) is 30.5 Å². The summed E-state index contributed by atoms with van der Waals surface area (Å²) in [7, 11) is 0. The Morgan fingerprint density at radius 3 is 2.86 bits per heavy atom. The zero-order valence-electron chi connectivity index (χ0n) is 12.7. The molecule has 0 radical (unpaired) electrons. The molecule has 1 heterocycles. The summed E-state index contributed by atoms with van der Waals surface area (Å²) in [6.45, 7) is 7.08. The van der Waals surface area contributed by atoms with Crippen LogP contribution < -0.4 is 11.1 Å². The van der Waals surface area contributed by atoms with E-state index in [-0.39, 0.29) is 5.91 Å². The van der Waals surface area contributed by atoms with Crippen LogP contribution in [-0.2, 0) is 16.0 Å². The van der Waals surface area contributed by atoms with E-state index < -0.39 is 0 Å². The summed E-state index contributed by atoms with van der Waals surface area (Å²) in [5, 5.41) is 2.97. The molecular formula is C16H25N3O2. The number of aryl methyl sites for hydroxylation is 2. The molecule has 21 heavy (non-hydrogen) atoms. The first-order valence-corrected chi connectivity index (χ1v) is 7.57. The quantitative estimate of drug-likeness (QED) is 0.766. The molecule has 1 aromatic rings. The van der Waals surface area contributed by atoms with Gasteiger partial charge < -0.3 is 15.8 Å². The maximum Gasteiger partial charge on any atom is 0.220 e. The fourth-order valence-electron chi connectivity index (χ4n) is 2.37. The van der Waals surface area contributed by atoms with Gasteiger partial charge in [-0.15, -0.1) is 0 Å². The number of nitrogens with zero attached hydrogens (tertiary/aromatic N) is 1. The van der Waals surface area contributed by atoms with Crippen molar-refractivity contribution >= 4 is 11.6 Å². The second kappa shape index (κ2) is 8.00. The molecule has 0 bridgehead atoms. The van der Waals surface area contributed by atoms with E-state index >= 15 is 0 Å². The van der Waals surface area contributed by atoms with Gasteiger partial charge in [-0.3, -0.25) is 9.69 Å². The third-order valence-corrected chi connectivity index (χ3v) is 3.84. The highest BCUT2D eigenvalue weighted by atomic mass is 16.5. The van der Waals surface area contributed by atoms with Gasteiger partial charge in [-0.2, -0.15) is 0 Å². The van der Waals surface area contributed by atoms with Crippen LogP contribution in [0.25, 0.3) is 0 Å². The van der Waals surface area contributed by atoms with Crippen LogP contribution in [-0.4, -0.2) is 50.2 Å². The third kappa shape index (κ3) is 5.36. The lowest BCUT2D eigenvalue weighted by molar-refractivity contribution is -0.121. The monoisotopic (exact) mass is 291 g/mol. The van der Waals surface area contributed by atoms with Crippen LogP contribution in [0, 0.1) is 6.92 Å². The molecular weight excluding hydrogens is 266 g/mol. The van der Waals surface area contributed by atoms with Gasteiger partial charge in [-0.25, -0.2) is 0 Å². The number of ether oxygens (including phenoxy) is 1. The Hall–Kier alpha value is -1.59. The molecule has 5 nitrogen and oxygen atoms in total. The number of benzene rings is 1. The highest BCUT2D eigenvalue weighted by Gasteiger charge is 2.10. The lowest BCUT2D eigenvalue weighted by Gasteiger charge is -2.26. The van der Waals surface area contributed by atoms with Crippen molar-refractivity contribution in [2.75, 3.05) is 45.1 Å². The average molecular weight is 291 g/mol. The van der Waals surface area contributed by atoms with Crippen molar-refractivity contribution in [1.29, 1.82) is 0 Å². The fourth-order valence-corrected chi connectivity index (χ4v) is 2.37. The summed E-state index contributed by atoms with van der Waals surface area (Å²) in [5.41, 5.74) is 8.86. The first-order valence-electron chi connectivity index (χ1n) is 7.57. The van der Waals surface area contributed by atoms with E-state index in [1.807, 2.05) is 25.1 Å². The molecule has 1 aliphatic rings. The van der Waals surface area contributed by atoms with Crippen molar-refractivity contribution < 1.29 is 9.53 Å². The summed E-state index contributed by atoms with van der Waals surface area (Å²) in [6.07, 6.45) is 1.24. The number of carbonyl (C=O) groups is 1. The van der Waals surface area contributed by atoms with Crippen LogP contribution in [0.2, 0.25) is 0 Å². The molecule has 1 aromatic carbocycles. The summed E-state index contributed by atoms with van der Waals surface area (Å²) in [4.78, 5) is 14.1. The Kier molecular flexibility index (Phi) is 6.02. The highest BCUT2D eigenvalue weighted by molar-refractivity contribution is 5.76. The molecule has 0 atom stereocenters. The molecule has 1 aliphatic heterocycles. The zero-order valence-corrected chi connectivity index (χ0v) is 12.7. The number of hydrogen-bond acceptors (Lipinski definition) is 4. The summed E-state index contributed by atoms with van der Waals surface area (Å²) in [6, 6.07) is 5.99. The van der Waals surface area contributed by atoms with Gasteiger partial charge in [0.05, 0.1) is 13.2 Å². The third-order valence-electron chi connectivity index (χ3n) is 3.84. The largest absolute Gasteiger partial charge is 0.399 e. The fraction of sp³-hybridized carbons (Fsp3) is 0.562. The first kappa shape index (κ1) is 15.8. The SMILES string of the molecule is Cc1ccc(CCC(=O)NCCN2CCOCC2)cc1N. The van der Waals surface area contributed by atoms with Crippen molar-refractivity contribution in [3.05, 3.63) is 29.3 Å². The summed E-state index contributed by atoms with van der Waals surface area (Å²) in [5.74, 6) is 0.0994. The Bertz CT molecular complexity index is 471. The van der Waals surface area contributed by atoms with Crippen molar-refractivity contribution in [2.45, 2.75) is 19.8 Å². The Morgan fingerprint density at radius 1 is 1.38 bits per heavy atom. The van der Waals surface area contributed by atoms with Gasteiger partial charge in [0.2, 0.25) is 5.91 Å². The van der Waals surface area contributed by atoms with Crippen LogP contribution in [0.4, 0.5) is 5.69 Å². The lowest BCUT2D eigenvalue weighted by Crippen LogP contribution is -2.41. The standard InChI is InChI=1S/C16H25N3O2/c1-13-2-3-14(12-15(13)17)4-5-16(20)18-6-7-19-8-10-21-11-9-19/h2-3,12H,4-11,17H2,1H3,(H,18,20). The minimum absolute atomic E-state index is 0.0994. The van der Waals surface area contributed by atoms with Crippen LogP contribution >= 0.6 is 0 Å². The number of nitrogen functional groups attached to an aromatic ring is 1. The number of morpholine rings is 1. The molecule has 3 N–H and O–H groups in total. The Morgan fingerprint density at radius 2 is 2.14 bits per heavy atom. The molecule has 0 aliphatic carbocycles. The van der Waals surface area contributed by atoms with E-state index in [2.05, 4.69) is 10.2 Å². The van der Waals surface area contributed by atoms with Gasteiger partial charge in [0.1, 0.15) is 0 Å². The first-order chi connectivity index (χ1) is 10.1. The van der Waals surface area contributed by atoms with Crippen LogP contribution in [0.5, 0.6) is 0 Å². The molecule has 1 amide bonds. The molecule has 0 saturated carbocycles. The summed E-state index contributed by atoms with van der Waals surface area (Å²) >= 11 is 0. The number of hydrogen-bond donors (Lipinski definition) is 2. The maximum absolute atomic E-state index is 11.8. The molecule has 2 rings (SSSR count). The zero-order chi connectivity index (χ0) is 15.1. The van der Waals surface area contributed by atoms with Gasteiger partial charge in [0.25, 0.3) is 0 Å². The van der Waals surface area contributed by atoms with E-state index in [9.17, 15) is 4.79 Å². The average Bonchev–Trinajstić information content (AvgIpc) is 2.49. The van der Waals surface area contributed by atoms with Gasteiger partial charge in [0.15, 0.2) is 0 Å². The van der Waals surface area contributed by atoms with E-state index in [1.54, 1.807) is 0 Å². The second-order valence-electron chi connectivity index (χ2n) is 5.49. The van der Waals surface area contributed by atoms with Crippen LogP contribution in [0.3, 0.4) is 0 Å². The van der Waals surface area contributed by atoms with Crippen molar-refractivity contribution in [2.24, 2.45) is 0 Å². The van der Waals surface area contributed by atoms with E-state index in [0.717, 1.165) is 56.1 Å². The predicted octanol–water partition coefficient (Wildman–Crippen LogP) is 0.958. The molecule has 1 saturated heterocycles. The highest BCUT2D eigenvalue weighted by Crippen LogP contribution is 2.14. The smallest absolute Gasteiger partial charge is 0.220 e. The van der Waals surface area contributed by atoms with E-state index in [4.69, 9.17) is 10.5 Å². The number of anilines is 1. The summed E-state index contributed by atoms with van der Waals surface area (Å²) < 4.78 is 5.29. The molecule has 1 fully saturated rings. The van der Waals surface area contributed by atoms with Crippen molar-refractivity contribution in [3.63, 3.8) is 0 Å². The van der Waals surface area contributed by atoms with Crippen LogP contribution in [0.15, 0.2) is 18.2 Å². The van der Waals surface area contributed by atoms with Gasteiger partial charge in [-0.1, -0.05) is 12.1 Å². The number of nitrogens with one attached hydrogen (secondary N) is 1. The van der Waals surface area contributed by atoms with E-state index in [0.29, 0.717) is 13.0 Å². The number of nitrogens with two attached hydrogens (primary N) is 1. The topological polar surface area (TPSA) is 67.6 Å². The number of carbonyl (C=O) groups excluding carboxylic acids is 1.